The monoisotopic (exact) mass is 203 g/mol. The van der Waals surface area contributed by atoms with Crippen LogP contribution in [0.5, 0.6) is 0 Å². The highest BCUT2D eigenvalue weighted by Gasteiger charge is 2.21. The van der Waals surface area contributed by atoms with Gasteiger partial charge in [0.15, 0.2) is 6.79 Å². The zero-order valence-electron chi connectivity index (χ0n) is 5.97. The first-order valence-corrected chi connectivity index (χ1v) is 3.79. The number of rotatable bonds is 4. The third-order valence-corrected chi connectivity index (χ3v) is 1.25. The largest absolute Gasteiger partial charge is 0.495 e. The van der Waals surface area contributed by atoms with Gasteiger partial charge in [-0.15, -0.1) is 0 Å². The van der Waals surface area contributed by atoms with Crippen molar-refractivity contribution in [2.45, 2.75) is 0 Å². The predicted molar refractivity (Wildman–Crippen MR) is 36.8 cm³/mol. The van der Waals surface area contributed by atoms with E-state index < -0.39 is 20.6 Å². The molecule has 0 aromatic rings. The zero-order valence-corrected chi connectivity index (χ0v) is 6.86. The lowest BCUT2D eigenvalue weighted by Gasteiger charge is -2.07. The molecule has 74 valence electrons. The molecule has 0 aliphatic heterocycles. The Morgan fingerprint density at radius 3 is 2.50 bits per heavy atom. The van der Waals surface area contributed by atoms with E-state index in [1.807, 2.05) is 0 Å². The first-order valence-electron chi connectivity index (χ1n) is 2.30. The van der Waals surface area contributed by atoms with Gasteiger partial charge in [-0.3, -0.25) is 4.52 Å². The number of amides is 2. The Hall–Kier alpha value is -0.700. The van der Waals surface area contributed by atoms with E-state index in [1.54, 1.807) is 0 Å². The highest BCUT2D eigenvalue weighted by atomic mass is 31.2. The molecule has 1 unspecified atom stereocenters. The van der Waals surface area contributed by atoms with E-state index >= 15 is 0 Å². The normalized spacial score (nSPS) is 14.2. The van der Waals surface area contributed by atoms with E-state index in [0.29, 0.717) is 0 Å². The van der Waals surface area contributed by atoms with Crippen molar-refractivity contribution in [2.75, 3.05) is 6.79 Å². The lowest BCUT2D eigenvalue weighted by molar-refractivity contribution is 0.0391. The second kappa shape index (κ2) is 5.89. The summed E-state index contributed by atoms with van der Waals surface area (Å²) in [6.45, 7) is -1.01. The number of primary amides is 1. The van der Waals surface area contributed by atoms with Crippen LogP contribution in [0.1, 0.15) is 0 Å². The van der Waals surface area contributed by atoms with Crippen molar-refractivity contribution in [3.63, 3.8) is 0 Å². The molecule has 0 bridgehead atoms. The second-order valence-electron chi connectivity index (χ2n) is 1.28. The van der Waals surface area contributed by atoms with Gasteiger partial charge in [0.2, 0.25) is 0 Å². The summed E-state index contributed by atoms with van der Waals surface area (Å²) < 4.78 is 17.9. The Morgan fingerprint density at radius 2 is 2.17 bits per heavy atom. The quantitative estimate of drug-likeness (QED) is 0.217. The molecular formula is C2H10N3O6P. The van der Waals surface area contributed by atoms with Crippen LogP contribution in [0.3, 0.4) is 0 Å². The van der Waals surface area contributed by atoms with Crippen LogP contribution in [-0.4, -0.2) is 22.8 Å². The summed E-state index contributed by atoms with van der Waals surface area (Å²) >= 11 is 0. The number of hydroxylamine groups is 1. The highest BCUT2D eigenvalue weighted by molar-refractivity contribution is 7.47. The minimum absolute atomic E-state index is 0. The lowest BCUT2D eigenvalue weighted by Crippen LogP contribution is -2.28. The second-order valence-corrected chi connectivity index (χ2v) is 2.66. The van der Waals surface area contributed by atoms with Gasteiger partial charge in [0.05, 0.1) is 0 Å². The molecular weight excluding hydrogens is 193 g/mol. The third kappa shape index (κ3) is 7.41. The van der Waals surface area contributed by atoms with E-state index in [1.165, 1.54) is 5.48 Å². The van der Waals surface area contributed by atoms with Crippen LogP contribution in [0, 0.1) is 0 Å². The first kappa shape index (κ1) is 13.9. The van der Waals surface area contributed by atoms with Crippen LogP contribution in [0.2, 0.25) is 0 Å². The summed E-state index contributed by atoms with van der Waals surface area (Å²) in [5.74, 6) is 0. The number of aliphatic hydroxyl groups is 1. The van der Waals surface area contributed by atoms with Gasteiger partial charge in [0.25, 0.3) is 0 Å². The van der Waals surface area contributed by atoms with Crippen molar-refractivity contribution in [2.24, 2.45) is 5.73 Å². The molecule has 0 spiro atoms. The van der Waals surface area contributed by atoms with Gasteiger partial charge in [0.1, 0.15) is 0 Å². The average molecular weight is 203 g/mol. The van der Waals surface area contributed by atoms with Gasteiger partial charge in [0, 0.05) is 0 Å². The van der Waals surface area contributed by atoms with Crippen LogP contribution in [0.25, 0.3) is 0 Å². The molecule has 9 nitrogen and oxygen atoms in total. The number of urea groups is 1. The Labute approximate surface area is 67.6 Å². The topological polar surface area (TPSA) is 166 Å². The smallest absolute Gasteiger partial charge is 0.370 e. The van der Waals surface area contributed by atoms with Gasteiger partial charge < -0.3 is 21.9 Å². The summed E-state index contributed by atoms with van der Waals surface area (Å²) in [4.78, 5) is 18.3. The molecule has 0 fully saturated rings. The average Bonchev–Trinajstić information content (AvgIpc) is 1.84. The van der Waals surface area contributed by atoms with E-state index in [2.05, 4.69) is 14.9 Å². The molecule has 2 amide bonds. The standard InChI is InChI=1S/C2H7N2O6P.H3N/c3-2(6)4-10-11(7,8)9-1-5;/h5H,1H2,(H,7,8)(H3,3,4,6);1H3. The van der Waals surface area contributed by atoms with Crippen molar-refractivity contribution in [3.8, 4) is 0 Å². The number of hydrogen-bond acceptors (Lipinski definition) is 6. The summed E-state index contributed by atoms with van der Waals surface area (Å²) in [5.41, 5.74) is 5.83. The lowest BCUT2D eigenvalue weighted by atomic mass is 11.2. The fraction of sp³-hybridized carbons (Fsp3) is 0.500. The predicted octanol–water partition coefficient (Wildman–Crippen LogP) is -1.18. The summed E-state index contributed by atoms with van der Waals surface area (Å²) in [5, 5.41) is 7.99. The van der Waals surface area contributed by atoms with Crippen LogP contribution < -0.4 is 17.4 Å². The maximum absolute atomic E-state index is 10.4. The number of carbonyl (C=O) groups is 1. The molecule has 1 atom stereocenters. The molecule has 0 aromatic carbocycles. The number of carbonyl (C=O) groups excluding carboxylic acids is 1. The van der Waals surface area contributed by atoms with Crippen LogP contribution in [-0.2, 0) is 13.7 Å². The minimum atomic E-state index is -4.41. The zero-order chi connectivity index (χ0) is 8.91. The Bertz CT molecular complexity index is 184. The van der Waals surface area contributed by atoms with E-state index in [9.17, 15) is 9.36 Å². The van der Waals surface area contributed by atoms with Crippen molar-refractivity contribution in [3.05, 3.63) is 0 Å². The van der Waals surface area contributed by atoms with Crippen molar-refractivity contribution >= 4 is 13.9 Å². The van der Waals surface area contributed by atoms with Crippen molar-refractivity contribution in [1.82, 2.24) is 11.6 Å². The summed E-state index contributed by atoms with van der Waals surface area (Å²) in [7, 11) is -4.41. The Kier molecular flexibility index (Phi) is 6.80. The van der Waals surface area contributed by atoms with Crippen molar-refractivity contribution < 1.29 is 28.5 Å². The number of phosphoric acid groups is 1. The SMILES string of the molecule is N.NC(=O)NOP(=O)(O)OCO. The first-order chi connectivity index (χ1) is 4.98. The molecule has 0 saturated heterocycles. The number of aliphatic hydroxyl groups excluding tert-OH is 1. The third-order valence-electron chi connectivity index (χ3n) is 0.482. The molecule has 0 saturated carbocycles. The van der Waals surface area contributed by atoms with E-state index in [-0.39, 0.29) is 6.15 Å². The number of phosphoric ester groups is 1. The van der Waals surface area contributed by atoms with Crippen LogP contribution in [0.15, 0.2) is 0 Å². The maximum Gasteiger partial charge on any atom is 0.495 e. The number of nitrogens with two attached hydrogens (primary N) is 1. The summed E-state index contributed by atoms with van der Waals surface area (Å²) in [6, 6.07) is -1.15. The van der Waals surface area contributed by atoms with Gasteiger partial charge in [-0.2, -0.15) is 4.62 Å². The van der Waals surface area contributed by atoms with Gasteiger partial charge >= 0.3 is 13.9 Å². The molecule has 0 radical (unpaired) electrons. The fourth-order valence-corrected chi connectivity index (χ4v) is 0.606. The molecule has 0 heterocycles. The highest BCUT2D eigenvalue weighted by Crippen LogP contribution is 2.41. The molecule has 0 aliphatic rings. The van der Waals surface area contributed by atoms with Gasteiger partial charge in [-0.05, 0) is 0 Å². The van der Waals surface area contributed by atoms with Gasteiger partial charge in [-0.1, -0.05) is 0 Å². The van der Waals surface area contributed by atoms with E-state index in [4.69, 9.17) is 10.00 Å². The fourth-order valence-electron chi connectivity index (χ4n) is 0.202. The number of hydrogen-bond donors (Lipinski definition) is 5. The maximum atomic E-state index is 10.4. The van der Waals surface area contributed by atoms with Crippen LogP contribution >= 0.6 is 7.82 Å². The summed E-state index contributed by atoms with van der Waals surface area (Å²) in [6.07, 6.45) is 0. The Morgan fingerprint density at radius 1 is 1.67 bits per heavy atom. The Balaban J connectivity index is 0. The van der Waals surface area contributed by atoms with E-state index in [0.717, 1.165) is 0 Å². The number of nitrogens with one attached hydrogen (secondary N) is 1. The van der Waals surface area contributed by atoms with Gasteiger partial charge in [-0.25, -0.2) is 14.8 Å². The van der Waals surface area contributed by atoms with Crippen molar-refractivity contribution in [1.29, 1.82) is 0 Å². The molecule has 0 rings (SSSR count). The van der Waals surface area contributed by atoms with Crippen LogP contribution in [0.4, 0.5) is 4.79 Å². The molecule has 10 heteroatoms. The molecule has 8 N–H and O–H groups in total. The minimum Gasteiger partial charge on any atom is -0.370 e. The molecule has 0 aromatic heterocycles. The molecule has 12 heavy (non-hydrogen) atoms. The molecule has 0 aliphatic carbocycles.